The van der Waals surface area contributed by atoms with E-state index in [0.717, 1.165) is 12.2 Å². The topological polar surface area (TPSA) is 60.2 Å². The van der Waals surface area contributed by atoms with Crippen molar-refractivity contribution in [3.05, 3.63) is 46.7 Å². The van der Waals surface area contributed by atoms with E-state index >= 15 is 0 Å². The van der Waals surface area contributed by atoms with Crippen LogP contribution in [0.15, 0.2) is 36.6 Å². The summed E-state index contributed by atoms with van der Waals surface area (Å²) in [7, 11) is 0.500. The maximum Gasteiger partial charge on any atom is 0.279 e. The molecule has 0 aromatic rings. The highest BCUT2D eigenvalue weighted by molar-refractivity contribution is 5.78. The van der Waals surface area contributed by atoms with E-state index < -0.39 is 4.92 Å². The second-order valence-electron chi connectivity index (χ2n) is 2.33. The number of halogens is 1. The summed E-state index contributed by atoms with van der Waals surface area (Å²) in [5, 5.41) is 10.2. The van der Waals surface area contributed by atoms with Gasteiger partial charge in [0.25, 0.3) is 5.70 Å². The molecule has 4 nitrogen and oxygen atoms in total. The third-order valence-corrected chi connectivity index (χ3v) is 1.03. The summed E-state index contributed by atoms with van der Waals surface area (Å²) < 4.78 is 9.50. The first-order chi connectivity index (χ1) is 8.58. The molecule has 0 amide bonds. The van der Waals surface area contributed by atoms with Crippen LogP contribution in [0.25, 0.3) is 0 Å². The maximum absolute atomic E-state index is 10.2. The Bertz CT molecular complexity index is 251. The van der Waals surface area contributed by atoms with Gasteiger partial charge in [0.15, 0.2) is 6.29 Å². The van der Waals surface area contributed by atoms with E-state index in [9.17, 15) is 19.3 Å². The summed E-state index contributed by atoms with van der Waals surface area (Å²) in [5.41, 5.74) is -0.389. The Kier molecular flexibility index (Phi) is 34.2. The molecule has 0 atom stereocenters. The third-order valence-electron chi connectivity index (χ3n) is 1.03. The Labute approximate surface area is 109 Å². The highest BCUT2D eigenvalue weighted by Gasteiger charge is 2.10. The molecule has 0 saturated heterocycles. The van der Waals surface area contributed by atoms with E-state index in [-0.39, 0.29) is 11.3 Å². The van der Waals surface area contributed by atoms with E-state index in [1.807, 2.05) is 13.8 Å². The summed E-state index contributed by atoms with van der Waals surface area (Å²) in [6.07, 6.45) is 3.74. The van der Waals surface area contributed by atoms with Crippen molar-refractivity contribution in [2.75, 3.05) is 7.18 Å². The molecule has 18 heavy (non-hydrogen) atoms. The second-order valence-corrected chi connectivity index (χ2v) is 2.33. The number of allylic oxidation sites excluding steroid dienone is 3. The molecule has 5 heteroatoms. The maximum atomic E-state index is 10.2. The van der Waals surface area contributed by atoms with Gasteiger partial charge in [0.05, 0.1) is 17.7 Å². The first-order valence-corrected chi connectivity index (χ1v) is 5.55. The van der Waals surface area contributed by atoms with Gasteiger partial charge in [-0.1, -0.05) is 53.3 Å². The van der Waals surface area contributed by atoms with Crippen molar-refractivity contribution in [3.8, 4) is 0 Å². The predicted molar refractivity (Wildman–Crippen MR) is 74.8 cm³/mol. The van der Waals surface area contributed by atoms with Crippen LogP contribution in [0, 0.1) is 10.1 Å². The first-order valence-electron chi connectivity index (χ1n) is 5.55. The Balaban J connectivity index is -0.000000118. The van der Waals surface area contributed by atoms with Gasteiger partial charge in [-0.15, -0.1) is 0 Å². The van der Waals surface area contributed by atoms with Gasteiger partial charge in [-0.2, -0.15) is 0 Å². The second kappa shape index (κ2) is 24.4. The lowest BCUT2D eigenvalue weighted by molar-refractivity contribution is -0.419. The average Bonchev–Trinajstić information content (AvgIpc) is 2.41. The molecule has 0 radical (unpaired) electrons. The number of carbonyl (C=O) groups excluding carboxylic acids is 1. The monoisotopic (exact) mass is 261 g/mol. The summed E-state index contributed by atoms with van der Waals surface area (Å²) in [5.74, 6) is 0. The molecule has 0 aliphatic heterocycles. The lowest BCUT2D eigenvalue weighted by Crippen LogP contribution is -1.99. The molecule has 0 aliphatic rings. The molecule has 0 saturated carbocycles. The molecule has 106 valence electrons. The van der Waals surface area contributed by atoms with E-state index in [1.54, 1.807) is 0 Å². The lowest BCUT2D eigenvalue weighted by atomic mass is 10.2. The summed E-state index contributed by atoms with van der Waals surface area (Å²) in [6, 6.07) is 0. The molecule has 0 aromatic carbocycles. The van der Waals surface area contributed by atoms with Crippen LogP contribution in [-0.4, -0.2) is 18.4 Å². The van der Waals surface area contributed by atoms with Crippen molar-refractivity contribution in [2.45, 2.75) is 34.1 Å². The quantitative estimate of drug-likeness (QED) is 0.251. The van der Waals surface area contributed by atoms with Gasteiger partial charge < -0.3 is 0 Å². The molecule has 0 rings (SSSR count). The van der Waals surface area contributed by atoms with Crippen molar-refractivity contribution in [3.63, 3.8) is 0 Å². The number of hydrogen-bond acceptors (Lipinski definition) is 3. The summed E-state index contributed by atoms with van der Waals surface area (Å²) in [6.45, 7) is 14.7. The van der Waals surface area contributed by atoms with Gasteiger partial charge >= 0.3 is 0 Å². The fourth-order valence-electron chi connectivity index (χ4n) is 0.511. The zero-order valence-electron chi connectivity index (χ0n) is 11.9. The smallest absolute Gasteiger partial charge is 0.279 e. The third kappa shape index (κ3) is 16.6. The van der Waals surface area contributed by atoms with Gasteiger partial charge in [-0.25, -0.2) is 0 Å². The normalized spacial score (nSPS) is 8.56. The highest BCUT2D eigenvalue weighted by atomic mass is 19.1. The number of nitro groups is 1. The molecular formula is C13H24FNO3. The fraction of sp³-hybridized carbons (Fsp3) is 0.462. The molecule has 0 spiro atoms. The standard InChI is InChI=1S/C7H7NO3.C3H8.C2H6.CH3F/c1-3-6(5-9)7(4-2)8(10)11;1-3-2;2*1-2/h3-5H,1-2H2;3H2,1-2H3;1-2H3;1H3/b7-6-;;;. The van der Waals surface area contributed by atoms with Gasteiger partial charge in [0.1, 0.15) is 0 Å². The van der Waals surface area contributed by atoms with E-state index in [1.165, 1.54) is 6.42 Å². The van der Waals surface area contributed by atoms with Crippen LogP contribution in [0.2, 0.25) is 0 Å². The number of hydrogen-bond donors (Lipinski definition) is 0. The van der Waals surface area contributed by atoms with Gasteiger partial charge in [0, 0.05) is 6.08 Å². The number of alkyl halides is 1. The molecule has 0 aromatic heterocycles. The Hall–Kier alpha value is -1.78. The Morgan fingerprint density at radius 1 is 1.22 bits per heavy atom. The molecule has 0 fully saturated rings. The minimum absolute atomic E-state index is 0.0648. The van der Waals surface area contributed by atoms with Crippen LogP contribution in [0.3, 0.4) is 0 Å². The molecule has 0 unspecified atom stereocenters. The molecule has 0 N–H and O–H groups in total. The molecule has 0 aliphatic carbocycles. The number of nitrogens with zero attached hydrogens (tertiary/aromatic N) is 1. The first kappa shape index (κ1) is 25.2. The van der Waals surface area contributed by atoms with Crippen LogP contribution < -0.4 is 0 Å². The fourth-order valence-corrected chi connectivity index (χ4v) is 0.511. The Morgan fingerprint density at radius 3 is 1.61 bits per heavy atom. The van der Waals surface area contributed by atoms with Crippen LogP contribution >= 0.6 is 0 Å². The largest absolute Gasteiger partial charge is 0.298 e. The van der Waals surface area contributed by atoms with Crippen LogP contribution in [0.1, 0.15) is 34.1 Å². The van der Waals surface area contributed by atoms with Gasteiger partial charge in [-0.3, -0.25) is 19.3 Å². The zero-order valence-corrected chi connectivity index (χ0v) is 11.9. The van der Waals surface area contributed by atoms with Crippen molar-refractivity contribution in [1.82, 2.24) is 0 Å². The SMILES string of the molecule is C=C/C(C=O)=C(\C=C)[N+](=O)[O-].CC.CCC.CF. The van der Waals surface area contributed by atoms with Gasteiger partial charge in [0.2, 0.25) is 0 Å². The van der Waals surface area contributed by atoms with Crippen molar-refractivity contribution >= 4 is 6.29 Å². The zero-order chi connectivity index (χ0) is 15.6. The van der Waals surface area contributed by atoms with E-state index in [0.29, 0.717) is 13.5 Å². The predicted octanol–water partition coefficient (Wildman–Crippen LogP) is 4.12. The van der Waals surface area contributed by atoms with Gasteiger partial charge in [-0.05, 0) is 0 Å². The summed E-state index contributed by atoms with van der Waals surface area (Å²) in [4.78, 5) is 19.6. The van der Waals surface area contributed by atoms with Crippen LogP contribution in [0.5, 0.6) is 0 Å². The van der Waals surface area contributed by atoms with Crippen molar-refractivity contribution in [2.24, 2.45) is 0 Å². The molecule has 0 heterocycles. The number of aldehydes is 1. The minimum Gasteiger partial charge on any atom is -0.298 e. The minimum atomic E-state index is -0.682. The van der Waals surface area contributed by atoms with Crippen LogP contribution in [-0.2, 0) is 4.79 Å². The average molecular weight is 261 g/mol. The van der Waals surface area contributed by atoms with Crippen LogP contribution in [0.4, 0.5) is 4.39 Å². The highest BCUT2D eigenvalue weighted by Crippen LogP contribution is 2.04. The Morgan fingerprint density at radius 2 is 1.56 bits per heavy atom. The van der Waals surface area contributed by atoms with Crippen molar-refractivity contribution in [1.29, 1.82) is 0 Å². The number of rotatable bonds is 4. The summed E-state index contributed by atoms with van der Waals surface area (Å²) >= 11 is 0. The van der Waals surface area contributed by atoms with E-state index in [2.05, 4.69) is 27.0 Å². The molecule has 0 bridgehead atoms. The lowest BCUT2D eigenvalue weighted by Gasteiger charge is -1.90. The van der Waals surface area contributed by atoms with Crippen molar-refractivity contribution < 1.29 is 14.1 Å². The van der Waals surface area contributed by atoms with E-state index in [4.69, 9.17) is 0 Å². The number of carbonyl (C=O) groups is 1. The molecular weight excluding hydrogens is 237 g/mol.